The van der Waals surface area contributed by atoms with Crippen molar-refractivity contribution in [3.8, 4) is 0 Å². The molecule has 0 aromatic heterocycles. The molecule has 1 aromatic carbocycles. The summed E-state index contributed by atoms with van der Waals surface area (Å²) in [6, 6.07) is 7.39. The van der Waals surface area contributed by atoms with Gasteiger partial charge in [0, 0.05) is 31.6 Å². The van der Waals surface area contributed by atoms with Gasteiger partial charge in [-0.05, 0) is 25.0 Å². The molecule has 23 heavy (non-hydrogen) atoms. The Morgan fingerprint density at radius 3 is 2.65 bits per heavy atom. The fraction of sp³-hybridized carbons (Fsp3) is 0.471. The summed E-state index contributed by atoms with van der Waals surface area (Å²) in [5, 5.41) is 2.87. The Kier molecular flexibility index (Phi) is 4.07. The lowest BCUT2D eigenvalue weighted by Gasteiger charge is -2.37. The summed E-state index contributed by atoms with van der Waals surface area (Å²) in [5.41, 5.74) is 1.56. The van der Waals surface area contributed by atoms with Crippen LogP contribution in [0.15, 0.2) is 24.3 Å². The number of aryl methyl sites for hydroxylation is 1. The van der Waals surface area contributed by atoms with Gasteiger partial charge in [0.1, 0.15) is 6.54 Å². The van der Waals surface area contributed by atoms with Crippen LogP contribution in [0.3, 0.4) is 0 Å². The summed E-state index contributed by atoms with van der Waals surface area (Å²) >= 11 is 0. The number of rotatable bonds is 2. The minimum absolute atomic E-state index is 0.0129. The third-order valence-corrected chi connectivity index (χ3v) is 4.56. The summed E-state index contributed by atoms with van der Waals surface area (Å²) < 4.78 is 0. The van der Waals surface area contributed by atoms with Crippen molar-refractivity contribution < 1.29 is 14.4 Å². The molecule has 0 spiro atoms. The number of benzene rings is 1. The van der Waals surface area contributed by atoms with Crippen LogP contribution < -0.4 is 5.32 Å². The van der Waals surface area contributed by atoms with E-state index in [1.54, 1.807) is 15.9 Å². The quantitative estimate of drug-likeness (QED) is 0.867. The molecule has 6 nitrogen and oxygen atoms in total. The van der Waals surface area contributed by atoms with Gasteiger partial charge in [-0.25, -0.2) is 0 Å². The molecule has 2 heterocycles. The molecule has 0 saturated carbocycles. The molecular weight excluding hydrogens is 294 g/mol. The Hall–Kier alpha value is -2.37. The molecule has 2 atom stereocenters. The van der Waals surface area contributed by atoms with E-state index in [1.165, 1.54) is 6.92 Å². The van der Waals surface area contributed by atoms with Crippen molar-refractivity contribution in [1.29, 1.82) is 0 Å². The fourth-order valence-electron chi connectivity index (χ4n) is 3.50. The molecule has 2 fully saturated rings. The highest BCUT2D eigenvalue weighted by molar-refractivity contribution is 5.98. The first-order chi connectivity index (χ1) is 11.0. The largest absolute Gasteiger partial charge is 0.352 e. The first kappa shape index (κ1) is 15.5. The Labute approximate surface area is 135 Å². The number of piperazine rings is 1. The van der Waals surface area contributed by atoms with E-state index < -0.39 is 0 Å². The van der Waals surface area contributed by atoms with Gasteiger partial charge in [-0.3, -0.25) is 14.4 Å². The minimum Gasteiger partial charge on any atom is -0.352 e. The zero-order valence-electron chi connectivity index (χ0n) is 13.4. The van der Waals surface area contributed by atoms with Crippen LogP contribution >= 0.6 is 0 Å². The first-order valence-corrected chi connectivity index (χ1v) is 7.87. The zero-order valence-corrected chi connectivity index (χ0v) is 13.4. The van der Waals surface area contributed by atoms with Crippen molar-refractivity contribution in [1.82, 2.24) is 15.1 Å². The predicted molar refractivity (Wildman–Crippen MR) is 84.8 cm³/mol. The predicted octanol–water partition coefficient (Wildman–Crippen LogP) is 0.556. The summed E-state index contributed by atoms with van der Waals surface area (Å²) in [6.45, 7) is 4.54. The molecule has 3 amide bonds. The second-order valence-electron chi connectivity index (χ2n) is 6.33. The molecule has 0 radical (unpaired) electrons. The smallest absolute Gasteiger partial charge is 0.254 e. The number of nitrogens with one attached hydrogen (secondary N) is 1. The highest BCUT2D eigenvalue weighted by Gasteiger charge is 2.41. The second-order valence-corrected chi connectivity index (χ2v) is 6.33. The van der Waals surface area contributed by atoms with Gasteiger partial charge in [0.15, 0.2) is 0 Å². The van der Waals surface area contributed by atoms with Crippen molar-refractivity contribution >= 4 is 17.7 Å². The minimum atomic E-state index is -0.0981. The van der Waals surface area contributed by atoms with Crippen LogP contribution in [0.25, 0.3) is 0 Å². The van der Waals surface area contributed by atoms with Crippen molar-refractivity contribution in [2.45, 2.75) is 32.4 Å². The standard InChI is InChI=1S/C17H21N3O3/c1-11-5-3-4-6-15(11)17(23)19-9-14-7-13(18-12(2)21)8-20(14)16(22)10-19/h3-6,13-14H,7-10H2,1-2H3,(H,18,21)/t13-,14-/m0/s1. The van der Waals surface area contributed by atoms with Gasteiger partial charge in [-0.1, -0.05) is 18.2 Å². The molecule has 122 valence electrons. The second kappa shape index (κ2) is 6.02. The molecule has 1 N–H and O–H groups in total. The topological polar surface area (TPSA) is 69.7 Å². The lowest BCUT2D eigenvalue weighted by Crippen LogP contribution is -2.55. The molecule has 0 bridgehead atoms. The van der Waals surface area contributed by atoms with Crippen LogP contribution in [0.2, 0.25) is 0 Å². The van der Waals surface area contributed by atoms with E-state index in [9.17, 15) is 14.4 Å². The average molecular weight is 315 g/mol. The SMILES string of the molecule is CC(=O)N[C@H]1C[C@H]2CN(C(=O)c3ccccc3C)CC(=O)N2C1. The van der Waals surface area contributed by atoms with Gasteiger partial charge in [-0.15, -0.1) is 0 Å². The molecular formula is C17H21N3O3. The molecule has 2 aliphatic rings. The molecule has 0 aliphatic carbocycles. The number of carbonyl (C=O) groups excluding carboxylic acids is 3. The maximum atomic E-state index is 12.7. The van der Waals surface area contributed by atoms with Crippen LogP contribution in [-0.2, 0) is 9.59 Å². The molecule has 6 heteroatoms. The maximum absolute atomic E-state index is 12.7. The summed E-state index contributed by atoms with van der Waals surface area (Å²) in [7, 11) is 0. The number of nitrogens with zero attached hydrogens (tertiary/aromatic N) is 2. The molecule has 0 unspecified atom stereocenters. The number of hydrogen-bond acceptors (Lipinski definition) is 3. The molecule has 1 aromatic rings. The van der Waals surface area contributed by atoms with Crippen molar-refractivity contribution in [2.75, 3.05) is 19.6 Å². The third-order valence-electron chi connectivity index (χ3n) is 4.56. The first-order valence-electron chi connectivity index (χ1n) is 7.87. The van der Waals surface area contributed by atoms with Crippen molar-refractivity contribution in [3.63, 3.8) is 0 Å². The summed E-state index contributed by atoms with van der Waals surface area (Å²) in [6.07, 6.45) is 0.697. The lowest BCUT2D eigenvalue weighted by molar-refractivity contribution is -0.136. The zero-order chi connectivity index (χ0) is 16.6. The van der Waals surface area contributed by atoms with Crippen LogP contribution in [0, 0.1) is 6.92 Å². The Morgan fingerprint density at radius 2 is 1.96 bits per heavy atom. The molecule has 3 rings (SSSR count). The van der Waals surface area contributed by atoms with Gasteiger partial charge in [0.25, 0.3) is 5.91 Å². The third kappa shape index (κ3) is 3.06. The van der Waals surface area contributed by atoms with Crippen LogP contribution in [0.5, 0.6) is 0 Å². The monoisotopic (exact) mass is 315 g/mol. The maximum Gasteiger partial charge on any atom is 0.254 e. The Morgan fingerprint density at radius 1 is 1.22 bits per heavy atom. The number of fused-ring (bicyclic) bond motifs is 1. The Bertz CT molecular complexity index is 658. The van der Waals surface area contributed by atoms with Crippen LogP contribution in [0.4, 0.5) is 0 Å². The highest BCUT2D eigenvalue weighted by atomic mass is 16.2. The number of amides is 3. The molecule has 2 saturated heterocycles. The van der Waals surface area contributed by atoms with Gasteiger partial charge in [-0.2, -0.15) is 0 Å². The van der Waals surface area contributed by atoms with Crippen LogP contribution in [-0.4, -0.2) is 59.2 Å². The normalized spacial score (nSPS) is 23.7. The van der Waals surface area contributed by atoms with Crippen LogP contribution in [0.1, 0.15) is 29.3 Å². The highest BCUT2D eigenvalue weighted by Crippen LogP contribution is 2.24. The van der Waals surface area contributed by atoms with Gasteiger partial charge in [0.05, 0.1) is 6.04 Å². The van der Waals surface area contributed by atoms with E-state index in [1.807, 2.05) is 25.1 Å². The van der Waals surface area contributed by atoms with Gasteiger partial charge < -0.3 is 15.1 Å². The average Bonchev–Trinajstić information content (AvgIpc) is 2.89. The van der Waals surface area contributed by atoms with Crippen molar-refractivity contribution in [3.05, 3.63) is 35.4 Å². The fourth-order valence-corrected chi connectivity index (χ4v) is 3.50. The lowest BCUT2D eigenvalue weighted by atomic mass is 10.1. The summed E-state index contributed by atoms with van der Waals surface area (Å²) in [4.78, 5) is 39.7. The van der Waals surface area contributed by atoms with Gasteiger partial charge in [0.2, 0.25) is 11.8 Å². The van der Waals surface area contributed by atoms with E-state index in [-0.39, 0.29) is 36.3 Å². The van der Waals surface area contributed by atoms with E-state index in [0.717, 1.165) is 5.56 Å². The molecule has 2 aliphatic heterocycles. The van der Waals surface area contributed by atoms with E-state index in [2.05, 4.69) is 5.32 Å². The summed E-state index contributed by atoms with van der Waals surface area (Å²) in [5.74, 6) is -0.231. The van der Waals surface area contributed by atoms with E-state index >= 15 is 0 Å². The number of hydrogen-bond donors (Lipinski definition) is 1. The van der Waals surface area contributed by atoms with Gasteiger partial charge >= 0.3 is 0 Å². The van der Waals surface area contributed by atoms with E-state index in [0.29, 0.717) is 25.1 Å². The van der Waals surface area contributed by atoms with E-state index in [4.69, 9.17) is 0 Å². The number of carbonyl (C=O) groups is 3. The van der Waals surface area contributed by atoms with Crippen molar-refractivity contribution in [2.24, 2.45) is 0 Å². The Balaban J connectivity index is 1.73.